The quantitative estimate of drug-likeness (QED) is 0.703. The minimum atomic E-state index is -0.721. The molecule has 1 aliphatic carbocycles. The molecule has 3 N–H and O–H groups in total. The van der Waals surface area contributed by atoms with Crippen LogP contribution in [-0.4, -0.2) is 16.1 Å². The zero-order chi connectivity index (χ0) is 9.42. The van der Waals surface area contributed by atoms with Crippen molar-refractivity contribution in [3.63, 3.8) is 0 Å². The first-order valence-electron chi connectivity index (χ1n) is 4.12. The van der Waals surface area contributed by atoms with Crippen LogP contribution in [0.25, 0.3) is 0 Å². The molecule has 68 valence electrons. The van der Waals surface area contributed by atoms with Crippen molar-refractivity contribution in [2.24, 2.45) is 5.92 Å². The Labute approximate surface area is 75.4 Å². The maximum atomic E-state index is 10.6. The van der Waals surface area contributed by atoms with E-state index in [0.29, 0.717) is 5.82 Å². The van der Waals surface area contributed by atoms with E-state index in [9.17, 15) is 4.79 Å². The molecule has 0 aliphatic heterocycles. The zero-order valence-corrected chi connectivity index (χ0v) is 6.97. The lowest BCUT2D eigenvalue weighted by molar-refractivity contribution is -0.138. The first-order chi connectivity index (χ1) is 6.18. The SMILES string of the molecule is Nc1ccc(C2C[C@@H]2C(=O)O)cn1. The number of anilines is 1. The predicted molar refractivity (Wildman–Crippen MR) is 47.1 cm³/mol. The van der Waals surface area contributed by atoms with Crippen LogP contribution in [0.3, 0.4) is 0 Å². The number of carboxylic acids is 1. The second-order valence-corrected chi connectivity index (χ2v) is 3.30. The van der Waals surface area contributed by atoms with Gasteiger partial charge < -0.3 is 10.8 Å². The van der Waals surface area contributed by atoms with E-state index >= 15 is 0 Å². The number of pyridine rings is 1. The standard InChI is InChI=1S/C9H10N2O2/c10-8-2-1-5(4-11-8)6-3-7(6)9(12)13/h1-2,4,6-7H,3H2,(H2,10,11)(H,12,13)/t6?,7-/m0/s1. The molecule has 1 fully saturated rings. The van der Waals surface area contributed by atoms with Crippen molar-refractivity contribution < 1.29 is 9.90 Å². The molecular weight excluding hydrogens is 168 g/mol. The molecule has 0 radical (unpaired) electrons. The Bertz CT molecular complexity index is 334. The third-order valence-corrected chi connectivity index (χ3v) is 2.35. The van der Waals surface area contributed by atoms with Gasteiger partial charge in [-0.2, -0.15) is 0 Å². The van der Waals surface area contributed by atoms with Crippen LogP contribution in [-0.2, 0) is 4.79 Å². The van der Waals surface area contributed by atoms with Gasteiger partial charge in [0.05, 0.1) is 5.92 Å². The lowest BCUT2D eigenvalue weighted by Crippen LogP contribution is -1.99. The van der Waals surface area contributed by atoms with Crippen LogP contribution in [0, 0.1) is 5.92 Å². The first kappa shape index (κ1) is 8.04. The summed E-state index contributed by atoms with van der Waals surface area (Å²) in [6, 6.07) is 3.54. The molecular formula is C9H10N2O2. The molecule has 1 aromatic rings. The Kier molecular flexibility index (Phi) is 1.69. The van der Waals surface area contributed by atoms with E-state index in [1.54, 1.807) is 12.3 Å². The number of nitrogens with two attached hydrogens (primary N) is 1. The van der Waals surface area contributed by atoms with Gasteiger partial charge >= 0.3 is 5.97 Å². The molecule has 0 spiro atoms. The summed E-state index contributed by atoms with van der Waals surface area (Å²) >= 11 is 0. The molecule has 13 heavy (non-hydrogen) atoms. The van der Waals surface area contributed by atoms with Gasteiger partial charge in [0.2, 0.25) is 0 Å². The third kappa shape index (κ3) is 1.47. The van der Waals surface area contributed by atoms with Crippen LogP contribution in [0.1, 0.15) is 17.9 Å². The van der Waals surface area contributed by atoms with Gasteiger partial charge in [0, 0.05) is 6.20 Å². The van der Waals surface area contributed by atoms with E-state index in [1.807, 2.05) is 6.07 Å². The maximum absolute atomic E-state index is 10.6. The van der Waals surface area contributed by atoms with E-state index in [2.05, 4.69) is 4.98 Å². The van der Waals surface area contributed by atoms with Crippen molar-refractivity contribution in [2.45, 2.75) is 12.3 Å². The molecule has 4 nitrogen and oxygen atoms in total. The number of rotatable bonds is 2. The molecule has 2 atom stereocenters. The molecule has 2 rings (SSSR count). The Morgan fingerprint density at radius 3 is 2.85 bits per heavy atom. The summed E-state index contributed by atoms with van der Waals surface area (Å²) in [5.74, 6) is -0.325. The van der Waals surface area contributed by atoms with Crippen LogP contribution < -0.4 is 5.73 Å². The summed E-state index contributed by atoms with van der Waals surface area (Å²) in [4.78, 5) is 14.5. The average Bonchev–Trinajstić information content (AvgIpc) is 2.85. The lowest BCUT2D eigenvalue weighted by Gasteiger charge is -1.97. The number of aromatic nitrogens is 1. The summed E-state index contributed by atoms with van der Waals surface area (Å²) in [5, 5.41) is 8.69. The minimum Gasteiger partial charge on any atom is -0.481 e. The van der Waals surface area contributed by atoms with Crippen LogP contribution >= 0.6 is 0 Å². The smallest absolute Gasteiger partial charge is 0.307 e. The summed E-state index contributed by atoms with van der Waals surface area (Å²) in [6.45, 7) is 0. The average molecular weight is 178 g/mol. The largest absolute Gasteiger partial charge is 0.481 e. The molecule has 0 amide bonds. The molecule has 0 aromatic carbocycles. The Balaban J connectivity index is 2.12. The molecule has 1 unspecified atom stereocenters. The number of nitrogens with zero attached hydrogens (tertiary/aromatic N) is 1. The van der Waals surface area contributed by atoms with Gasteiger partial charge in [-0.15, -0.1) is 0 Å². The van der Waals surface area contributed by atoms with Gasteiger partial charge in [-0.25, -0.2) is 4.98 Å². The highest BCUT2D eigenvalue weighted by Crippen LogP contribution is 2.47. The number of aliphatic carboxylic acids is 1. The highest BCUT2D eigenvalue weighted by molar-refractivity contribution is 5.75. The van der Waals surface area contributed by atoms with Gasteiger partial charge in [-0.05, 0) is 24.0 Å². The van der Waals surface area contributed by atoms with E-state index in [0.717, 1.165) is 12.0 Å². The molecule has 1 heterocycles. The number of hydrogen-bond acceptors (Lipinski definition) is 3. The minimum absolute atomic E-state index is 0.144. The fourth-order valence-electron chi connectivity index (χ4n) is 1.47. The molecule has 1 aliphatic rings. The summed E-state index contributed by atoms with van der Waals surface area (Å²) in [5.41, 5.74) is 6.39. The van der Waals surface area contributed by atoms with Crippen LogP contribution in [0.5, 0.6) is 0 Å². The van der Waals surface area contributed by atoms with Gasteiger partial charge in [-0.1, -0.05) is 6.07 Å². The van der Waals surface area contributed by atoms with E-state index in [4.69, 9.17) is 10.8 Å². The summed E-state index contributed by atoms with van der Waals surface area (Å²) in [6.07, 6.45) is 2.38. The number of carboxylic acid groups (broad SMARTS) is 1. The van der Waals surface area contributed by atoms with E-state index in [-0.39, 0.29) is 11.8 Å². The van der Waals surface area contributed by atoms with Gasteiger partial charge in [0.15, 0.2) is 0 Å². The fourth-order valence-corrected chi connectivity index (χ4v) is 1.47. The van der Waals surface area contributed by atoms with Crippen molar-refractivity contribution in [2.75, 3.05) is 5.73 Å². The van der Waals surface area contributed by atoms with E-state index < -0.39 is 5.97 Å². The molecule has 1 saturated carbocycles. The van der Waals surface area contributed by atoms with Crippen LogP contribution in [0.4, 0.5) is 5.82 Å². The normalized spacial score (nSPS) is 25.5. The second kappa shape index (κ2) is 2.73. The molecule has 1 aromatic heterocycles. The Hall–Kier alpha value is -1.58. The first-order valence-corrected chi connectivity index (χ1v) is 4.12. The van der Waals surface area contributed by atoms with Crippen molar-refractivity contribution in [1.29, 1.82) is 0 Å². The Morgan fingerprint density at radius 1 is 1.62 bits per heavy atom. The van der Waals surface area contributed by atoms with E-state index in [1.165, 1.54) is 0 Å². The topological polar surface area (TPSA) is 76.2 Å². The van der Waals surface area contributed by atoms with Crippen LogP contribution in [0.2, 0.25) is 0 Å². The summed E-state index contributed by atoms with van der Waals surface area (Å²) in [7, 11) is 0. The van der Waals surface area contributed by atoms with Gasteiger partial charge in [0.25, 0.3) is 0 Å². The monoisotopic (exact) mass is 178 g/mol. The van der Waals surface area contributed by atoms with Gasteiger partial charge in [0.1, 0.15) is 5.82 Å². The molecule has 0 saturated heterocycles. The molecule has 0 bridgehead atoms. The number of hydrogen-bond donors (Lipinski definition) is 2. The predicted octanol–water partition coefficient (Wildman–Crippen LogP) is 0.852. The molecule has 4 heteroatoms. The summed E-state index contributed by atoms with van der Waals surface area (Å²) < 4.78 is 0. The fraction of sp³-hybridized carbons (Fsp3) is 0.333. The van der Waals surface area contributed by atoms with Crippen molar-refractivity contribution >= 4 is 11.8 Å². The number of nitrogen functional groups attached to an aromatic ring is 1. The number of carbonyl (C=O) groups is 1. The second-order valence-electron chi connectivity index (χ2n) is 3.30. The lowest BCUT2D eigenvalue weighted by atomic mass is 10.1. The van der Waals surface area contributed by atoms with Crippen molar-refractivity contribution in [3.8, 4) is 0 Å². The van der Waals surface area contributed by atoms with Gasteiger partial charge in [-0.3, -0.25) is 4.79 Å². The van der Waals surface area contributed by atoms with Crippen LogP contribution in [0.15, 0.2) is 18.3 Å². The van der Waals surface area contributed by atoms with Crippen molar-refractivity contribution in [3.05, 3.63) is 23.9 Å². The zero-order valence-electron chi connectivity index (χ0n) is 6.97. The Morgan fingerprint density at radius 2 is 2.38 bits per heavy atom. The highest BCUT2D eigenvalue weighted by Gasteiger charge is 2.44. The highest BCUT2D eigenvalue weighted by atomic mass is 16.4. The third-order valence-electron chi connectivity index (χ3n) is 2.35. The van der Waals surface area contributed by atoms with Crippen molar-refractivity contribution in [1.82, 2.24) is 4.98 Å². The maximum Gasteiger partial charge on any atom is 0.307 e.